The van der Waals surface area contributed by atoms with E-state index in [2.05, 4.69) is 15.0 Å². The number of nitrogens with one attached hydrogen (secondary N) is 1. The number of aryl methyl sites for hydroxylation is 2. The first-order valence-electron chi connectivity index (χ1n) is 4.55. The van der Waals surface area contributed by atoms with Gasteiger partial charge in [0.15, 0.2) is 5.65 Å². The molecule has 0 bridgehead atoms. The van der Waals surface area contributed by atoms with Gasteiger partial charge in [0.05, 0.1) is 5.52 Å². The van der Waals surface area contributed by atoms with Crippen LogP contribution < -0.4 is 0 Å². The Labute approximate surface area is 79.7 Å². The molecule has 0 saturated heterocycles. The van der Waals surface area contributed by atoms with Crippen LogP contribution in [0.3, 0.4) is 0 Å². The number of hydrogen-bond acceptors (Lipinski definition) is 2. The molecule has 0 aromatic carbocycles. The van der Waals surface area contributed by atoms with Crippen molar-refractivity contribution in [1.82, 2.24) is 15.0 Å². The molecule has 0 radical (unpaired) electrons. The molecule has 0 spiro atoms. The Bertz CT molecular complexity index is 395. The molecule has 0 fully saturated rings. The summed E-state index contributed by atoms with van der Waals surface area (Å²) in [4.78, 5) is 11.5. The number of imidazole rings is 1. The maximum Gasteiger partial charge on any atom is 0.177 e. The minimum atomic E-state index is 0. The molecule has 2 heterocycles. The van der Waals surface area contributed by atoms with Gasteiger partial charge in [-0.15, -0.1) is 0 Å². The standard InChI is InChI=1S/C8H9N3.C2H6.H2/c1-5-3-7-8(9-4-5)11-6(2)10-7;1-2;/h3-4H,1-2H3,(H,9,10,11);1-2H3;1H. The molecule has 0 amide bonds. The summed E-state index contributed by atoms with van der Waals surface area (Å²) in [6.45, 7) is 7.94. The van der Waals surface area contributed by atoms with E-state index in [4.69, 9.17) is 0 Å². The van der Waals surface area contributed by atoms with Crippen molar-refractivity contribution in [1.29, 1.82) is 0 Å². The fraction of sp³-hybridized carbons (Fsp3) is 0.400. The molecule has 2 aromatic heterocycles. The Hall–Kier alpha value is -1.38. The van der Waals surface area contributed by atoms with E-state index in [1.165, 1.54) is 0 Å². The first kappa shape index (κ1) is 9.71. The summed E-state index contributed by atoms with van der Waals surface area (Å²) in [7, 11) is 0. The van der Waals surface area contributed by atoms with Crippen molar-refractivity contribution in [3.63, 3.8) is 0 Å². The van der Waals surface area contributed by atoms with Gasteiger partial charge in [-0.25, -0.2) is 9.97 Å². The highest BCUT2D eigenvalue weighted by Gasteiger charge is 1.98. The Balaban J connectivity index is 0.000000531. The van der Waals surface area contributed by atoms with Crippen LogP contribution in [0.4, 0.5) is 0 Å². The van der Waals surface area contributed by atoms with Crippen molar-refractivity contribution in [3.05, 3.63) is 23.7 Å². The van der Waals surface area contributed by atoms with E-state index < -0.39 is 0 Å². The van der Waals surface area contributed by atoms with Crippen LogP contribution >= 0.6 is 0 Å². The van der Waals surface area contributed by atoms with Gasteiger partial charge in [-0.1, -0.05) is 13.8 Å². The minimum Gasteiger partial charge on any atom is -0.341 e. The zero-order valence-corrected chi connectivity index (χ0v) is 8.55. The van der Waals surface area contributed by atoms with Gasteiger partial charge in [0.25, 0.3) is 0 Å². The third-order valence-corrected chi connectivity index (χ3v) is 1.59. The number of aromatic amines is 1. The van der Waals surface area contributed by atoms with Crippen LogP contribution in [-0.4, -0.2) is 15.0 Å². The van der Waals surface area contributed by atoms with Crippen molar-refractivity contribution in [2.75, 3.05) is 0 Å². The first-order chi connectivity index (χ1) is 6.25. The van der Waals surface area contributed by atoms with E-state index in [9.17, 15) is 0 Å². The van der Waals surface area contributed by atoms with Gasteiger partial charge in [0.2, 0.25) is 0 Å². The molecule has 2 aromatic rings. The van der Waals surface area contributed by atoms with Crippen molar-refractivity contribution in [2.24, 2.45) is 0 Å². The van der Waals surface area contributed by atoms with E-state index in [1.54, 1.807) is 0 Å². The van der Waals surface area contributed by atoms with Crippen molar-refractivity contribution < 1.29 is 1.43 Å². The molecule has 2 rings (SSSR count). The Morgan fingerprint density at radius 1 is 1.31 bits per heavy atom. The number of H-pyrrole nitrogens is 1. The first-order valence-corrected chi connectivity index (χ1v) is 4.55. The maximum atomic E-state index is 4.19. The number of nitrogens with zero attached hydrogens (tertiary/aromatic N) is 2. The maximum absolute atomic E-state index is 4.19. The van der Waals surface area contributed by atoms with E-state index in [-0.39, 0.29) is 1.43 Å². The highest BCUT2D eigenvalue weighted by atomic mass is 15.0. The van der Waals surface area contributed by atoms with E-state index in [0.29, 0.717) is 0 Å². The summed E-state index contributed by atoms with van der Waals surface area (Å²) in [5, 5.41) is 0. The molecule has 0 atom stereocenters. The van der Waals surface area contributed by atoms with Crippen LogP contribution in [0.2, 0.25) is 0 Å². The lowest BCUT2D eigenvalue weighted by Crippen LogP contribution is -1.77. The average Bonchev–Trinajstić information content (AvgIpc) is 2.48. The number of rotatable bonds is 0. The topological polar surface area (TPSA) is 41.6 Å². The zero-order valence-electron chi connectivity index (χ0n) is 8.55. The number of pyridine rings is 1. The monoisotopic (exact) mass is 179 g/mol. The molecule has 72 valence electrons. The van der Waals surface area contributed by atoms with Crippen LogP contribution in [0, 0.1) is 13.8 Å². The molecule has 0 aliphatic heterocycles. The summed E-state index contributed by atoms with van der Waals surface area (Å²) >= 11 is 0. The minimum absolute atomic E-state index is 0. The predicted octanol–water partition coefficient (Wildman–Crippen LogP) is 2.85. The molecule has 0 aliphatic carbocycles. The number of fused-ring (bicyclic) bond motifs is 1. The van der Waals surface area contributed by atoms with Crippen LogP contribution in [-0.2, 0) is 0 Å². The molecule has 3 heteroatoms. The largest absolute Gasteiger partial charge is 0.341 e. The second-order valence-electron chi connectivity index (χ2n) is 2.71. The molecule has 13 heavy (non-hydrogen) atoms. The van der Waals surface area contributed by atoms with Gasteiger partial charge in [0.1, 0.15) is 5.82 Å². The predicted molar refractivity (Wildman–Crippen MR) is 56.8 cm³/mol. The van der Waals surface area contributed by atoms with Crippen LogP contribution in [0.15, 0.2) is 12.3 Å². The van der Waals surface area contributed by atoms with Gasteiger partial charge in [-0.3, -0.25) is 0 Å². The Morgan fingerprint density at radius 2 is 2.00 bits per heavy atom. The summed E-state index contributed by atoms with van der Waals surface area (Å²) < 4.78 is 0. The fourth-order valence-corrected chi connectivity index (χ4v) is 1.12. The second-order valence-corrected chi connectivity index (χ2v) is 2.71. The molecule has 0 unspecified atom stereocenters. The van der Waals surface area contributed by atoms with Crippen molar-refractivity contribution in [3.8, 4) is 0 Å². The van der Waals surface area contributed by atoms with Gasteiger partial charge in [0, 0.05) is 7.62 Å². The lowest BCUT2D eigenvalue weighted by atomic mass is 10.3. The molecular weight excluding hydrogens is 162 g/mol. The van der Waals surface area contributed by atoms with E-state index in [0.717, 1.165) is 22.6 Å². The van der Waals surface area contributed by atoms with Gasteiger partial charge in [-0.2, -0.15) is 0 Å². The fourth-order valence-electron chi connectivity index (χ4n) is 1.12. The number of aromatic nitrogens is 3. The van der Waals surface area contributed by atoms with Crippen LogP contribution in [0.5, 0.6) is 0 Å². The lowest BCUT2D eigenvalue weighted by Gasteiger charge is -1.88. The van der Waals surface area contributed by atoms with Crippen LogP contribution in [0.1, 0.15) is 26.7 Å². The van der Waals surface area contributed by atoms with E-state index >= 15 is 0 Å². The van der Waals surface area contributed by atoms with Gasteiger partial charge >= 0.3 is 0 Å². The smallest absolute Gasteiger partial charge is 0.177 e. The molecular formula is C10H17N3. The van der Waals surface area contributed by atoms with Gasteiger partial charge in [-0.05, 0) is 25.5 Å². The summed E-state index contributed by atoms with van der Waals surface area (Å²) in [6.07, 6.45) is 1.82. The SMILES string of the molecule is CC.Cc1cnc2nc(C)[nH]c2c1.[HH]. The lowest BCUT2D eigenvalue weighted by molar-refractivity contribution is 1.16. The molecule has 0 aliphatic rings. The second kappa shape index (κ2) is 4.03. The summed E-state index contributed by atoms with van der Waals surface area (Å²) in [6, 6.07) is 2.04. The molecule has 0 saturated carbocycles. The van der Waals surface area contributed by atoms with Crippen molar-refractivity contribution >= 4 is 11.2 Å². The van der Waals surface area contributed by atoms with Crippen LogP contribution in [0.25, 0.3) is 11.2 Å². The normalized spacial score (nSPS) is 9.54. The summed E-state index contributed by atoms with van der Waals surface area (Å²) in [5.41, 5.74) is 2.97. The number of hydrogen-bond donors (Lipinski definition) is 1. The Morgan fingerprint density at radius 3 is 2.69 bits per heavy atom. The Kier molecular flexibility index (Phi) is 3.01. The highest BCUT2D eigenvalue weighted by Crippen LogP contribution is 2.08. The van der Waals surface area contributed by atoms with Crippen molar-refractivity contribution in [2.45, 2.75) is 27.7 Å². The molecule has 1 N–H and O–H groups in total. The summed E-state index contributed by atoms with van der Waals surface area (Å²) in [5.74, 6) is 0.915. The average molecular weight is 179 g/mol. The third kappa shape index (κ3) is 2.05. The zero-order chi connectivity index (χ0) is 9.84. The van der Waals surface area contributed by atoms with E-state index in [1.807, 2.05) is 40.0 Å². The third-order valence-electron chi connectivity index (χ3n) is 1.59. The molecule has 3 nitrogen and oxygen atoms in total. The quantitative estimate of drug-likeness (QED) is 0.675. The highest BCUT2D eigenvalue weighted by molar-refractivity contribution is 5.70. The van der Waals surface area contributed by atoms with Gasteiger partial charge < -0.3 is 4.98 Å².